The Labute approximate surface area is 123 Å². The van der Waals surface area contributed by atoms with Crippen LogP contribution in [0, 0.1) is 18.7 Å². The van der Waals surface area contributed by atoms with Crippen molar-refractivity contribution >= 4 is 11.8 Å². The van der Waals surface area contributed by atoms with Gasteiger partial charge in [0.1, 0.15) is 11.9 Å². The maximum absolute atomic E-state index is 13.2. The summed E-state index contributed by atoms with van der Waals surface area (Å²) in [5, 5.41) is 2.84. The fourth-order valence-electron chi connectivity index (χ4n) is 2.80. The molecule has 2 amide bonds. The van der Waals surface area contributed by atoms with Gasteiger partial charge in [-0.25, -0.2) is 4.39 Å². The van der Waals surface area contributed by atoms with Gasteiger partial charge in [0.25, 0.3) is 0 Å². The predicted octanol–water partition coefficient (Wildman–Crippen LogP) is 1.76. The van der Waals surface area contributed by atoms with E-state index in [2.05, 4.69) is 5.32 Å². The highest BCUT2D eigenvalue weighted by Crippen LogP contribution is 2.34. The molecule has 1 saturated heterocycles. The second-order valence-corrected chi connectivity index (χ2v) is 5.96. The van der Waals surface area contributed by atoms with E-state index < -0.39 is 0 Å². The van der Waals surface area contributed by atoms with Crippen molar-refractivity contribution in [3.8, 4) is 0 Å². The summed E-state index contributed by atoms with van der Waals surface area (Å²) in [6.07, 6.45) is 2.33. The molecule has 2 fully saturated rings. The summed E-state index contributed by atoms with van der Waals surface area (Å²) in [5.74, 6) is -0.0480. The van der Waals surface area contributed by atoms with Gasteiger partial charge in [-0.15, -0.1) is 0 Å². The second kappa shape index (κ2) is 5.47. The lowest BCUT2D eigenvalue weighted by molar-refractivity contribution is -0.134. The molecule has 0 spiro atoms. The number of hydrogen-bond acceptors (Lipinski definition) is 2. The first-order valence-electron chi connectivity index (χ1n) is 7.38. The zero-order valence-corrected chi connectivity index (χ0v) is 12.1. The van der Waals surface area contributed by atoms with Gasteiger partial charge < -0.3 is 10.2 Å². The average molecular weight is 290 g/mol. The van der Waals surface area contributed by atoms with Crippen molar-refractivity contribution < 1.29 is 14.0 Å². The Morgan fingerprint density at radius 1 is 1.33 bits per heavy atom. The van der Waals surface area contributed by atoms with E-state index in [-0.39, 0.29) is 29.6 Å². The van der Waals surface area contributed by atoms with Crippen molar-refractivity contribution in [3.05, 3.63) is 35.1 Å². The molecule has 4 nitrogen and oxygen atoms in total. The molecule has 112 valence electrons. The first kappa shape index (κ1) is 14.0. The third-order valence-electron chi connectivity index (χ3n) is 4.26. The molecule has 1 aliphatic heterocycles. The number of benzene rings is 1. The highest BCUT2D eigenvalue weighted by Gasteiger charge is 2.40. The standard InChI is InChI=1S/C16H19FN2O2/c1-10-8-13(17)5-4-12(10)9-19-7-6-14(20)18-15(16(19)21)11-2-3-11/h4-5,8,11,15H,2-3,6-7,9H2,1H3,(H,18,20). The summed E-state index contributed by atoms with van der Waals surface area (Å²) in [6, 6.07) is 4.22. The van der Waals surface area contributed by atoms with Crippen molar-refractivity contribution in [3.63, 3.8) is 0 Å². The van der Waals surface area contributed by atoms with Crippen LogP contribution in [0.1, 0.15) is 30.4 Å². The van der Waals surface area contributed by atoms with Gasteiger partial charge in [0.05, 0.1) is 0 Å². The summed E-state index contributed by atoms with van der Waals surface area (Å²) < 4.78 is 13.2. The van der Waals surface area contributed by atoms with Crippen LogP contribution in [0.4, 0.5) is 4.39 Å². The van der Waals surface area contributed by atoms with Gasteiger partial charge in [-0.2, -0.15) is 0 Å². The lowest BCUT2D eigenvalue weighted by atomic mass is 10.1. The molecule has 1 aromatic rings. The second-order valence-electron chi connectivity index (χ2n) is 5.96. The number of amides is 2. The Hall–Kier alpha value is -1.91. The van der Waals surface area contributed by atoms with E-state index in [1.807, 2.05) is 6.92 Å². The maximum Gasteiger partial charge on any atom is 0.245 e. The molecule has 21 heavy (non-hydrogen) atoms. The van der Waals surface area contributed by atoms with Gasteiger partial charge in [-0.3, -0.25) is 9.59 Å². The molecule has 1 saturated carbocycles. The monoisotopic (exact) mass is 290 g/mol. The number of aryl methyl sites for hydroxylation is 1. The molecule has 1 aliphatic carbocycles. The third-order valence-corrected chi connectivity index (χ3v) is 4.26. The molecule has 0 aromatic heterocycles. The Morgan fingerprint density at radius 3 is 2.76 bits per heavy atom. The molecule has 3 rings (SSSR count). The Bertz CT molecular complexity index is 584. The van der Waals surface area contributed by atoms with Crippen LogP contribution in [0.5, 0.6) is 0 Å². The van der Waals surface area contributed by atoms with E-state index in [0.29, 0.717) is 19.5 Å². The number of carbonyl (C=O) groups is 2. The minimum absolute atomic E-state index is 0.00734. The molecular formula is C16H19FN2O2. The highest BCUT2D eigenvalue weighted by molar-refractivity contribution is 5.90. The van der Waals surface area contributed by atoms with E-state index >= 15 is 0 Å². The number of nitrogens with one attached hydrogen (secondary N) is 1. The number of halogens is 1. The van der Waals surface area contributed by atoms with E-state index in [1.54, 1.807) is 11.0 Å². The summed E-state index contributed by atoms with van der Waals surface area (Å²) in [7, 11) is 0. The summed E-state index contributed by atoms with van der Waals surface area (Å²) in [5.41, 5.74) is 1.75. The fourth-order valence-corrected chi connectivity index (χ4v) is 2.80. The first-order valence-corrected chi connectivity index (χ1v) is 7.38. The van der Waals surface area contributed by atoms with Crippen molar-refractivity contribution in [1.29, 1.82) is 0 Å². The zero-order valence-electron chi connectivity index (χ0n) is 12.1. The predicted molar refractivity (Wildman–Crippen MR) is 75.8 cm³/mol. The largest absolute Gasteiger partial charge is 0.344 e. The number of hydrogen-bond donors (Lipinski definition) is 1. The molecule has 1 unspecified atom stereocenters. The normalized spacial score (nSPS) is 23.0. The van der Waals surface area contributed by atoms with Gasteiger partial charge in [0, 0.05) is 19.5 Å². The number of carbonyl (C=O) groups excluding carboxylic acids is 2. The molecular weight excluding hydrogens is 271 g/mol. The van der Waals surface area contributed by atoms with Crippen molar-refractivity contribution in [2.24, 2.45) is 5.92 Å². The quantitative estimate of drug-likeness (QED) is 0.922. The smallest absolute Gasteiger partial charge is 0.245 e. The van der Waals surface area contributed by atoms with Crippen molar-refractivity contribution in [2.45, 2.75) is 38.8 Å². The van der Waals surface area contributed by atoms with Gasteiger partial charge in [-0.1, -0.05) is 6.07 Å². The third kappa shape index (κ3) is 3.06. The van der Waals surface area contributed by atoms with E-state index in [0.717, 1.165) is 24.0 Å². The average Bonchev–Trinajstić information content (AvgIpc) is 3.26. The van der Waals surface area contributed by atoms with E-state index in [1.165, 1.54) is 12.1 Å². The Kier molecular flexibility index (Phi) is 3.66. The van der Waals surface area contributed by atoms with Crippen LogP contribution in [0.15, 0.2) is 18.2 Å². The van der Waals surface area contributed by atoms with Crippen LogP contribution in [0.3, 0.4) is 0 Å². The van der Waals surface area contributed by atoms with Gasteiger partial charge in [0.2, 0.25) is 11.8 Å². The number of rotatable bonds is 3. The lowest BCUT2D eigenvalue weighted by Gasteiger charge is -2.24. The van der Waals surface area contributed by atoms with Crippen LogP contribution >= 0.6 is 0 Å². The SMILES string of the molecule is Cc1cc(F)ccc1CN1CCC(=O)NC(C2CC2)C1=O. The van der Waals surface area contributed by atoms with Crippen molar-refractivity contribution in [2.75, 3.05) is 6.54 Å². The molecule has 1 heterocycles. The molecule has 0 bridgehead atoms. The van der Waals surface area contributed by atoms with Gasteiger partial charge in [-0.05, 0) is 48.9 Å². The van der Waals surface area contributed by atoms with Crippen LogP contribution in [0.2, 0.25) is 0 Å². The van der Waals surface area contributed by atoms with Gasteiger partial charge >= 0.3 is 0 Å². The first-order chi connectivity index (χ1) is 10.0. The summed E-state index contributed by atoms with van der Waals surface area (Å²) >= 11 is 0. The van der Waals surface area contributed by atoms with E-state index in [9.17, 15) is 14.0 Å². The van der Waals surface area contributed by atoms with Gasteiger partial charge in [0.15, 0.2) is 0 Å². The highest BCUT2D eigenvalue weighted by atomic mass is 19.1. The molecule has 1 N–H and O–H groups in total. The molecule has 5 heteroatoms. The molecule has 1 atom stereocenters. The lowest BCUT2D eigenvalue weighted by Crippen LogP contribution is -2.45. The van der Waals surface area contributed by atoms with Crippen LogP contribution in [-0.4, -0.2) is 29.3 Å². The van der Waals surface area contributed by atoms with Crippen LogP contribution < -0.4 is 5.32 Å². The Morgan fingerprint density at radius 2 is 2.10 bits per heavy atom. The topological polar surface area (TPSA) is 49.4 Å². The van der Waals surface area contributed by atoms with E-state index in [4.69, 9.17) is 0 Å². The maximum atomic E-state index is 13.2. The number of nitrogens with zero attached hydrogens (tertiary/aromatic N) is 1. The zero-order chi connectivity index (χ0) is 15.0. The Balaban J connectivity index is 1.79. The van der Waals surface area contributed by atoms with Crippen LogP contribution in [-0.2, 0) is 16.1 Å². The van der Waals surface area contributed by atoms with Crippen LogP contribution in [0.25, 0.3) is 0 Å². The fraction of sp³-hybridized carbons (Fsp3) is 0.500. The van der Waals surface area contributed by atoms with Crippen molar-refractivity contribution in [1.82, 2.24) is 10.2 Å². The molecule has 0 radical (unpaired) electrons. The summed E-state index contributed by atoms with van der Waals surface area (Å²) in [4.78, 5) is 26.1. The molecule has 2 aliphatic rings. The minimum atomic E-state index is -0.374. The summed E-state index contributed by atoms with van der Waals surface area (Å²) in [6.45, 7) is 2.69. The minimum Gasteiger partial charge on any atom is -0.344 e. The molecule has 1 aromatic carbocycles.